The first-order valence-corrected chi connectivity index (χ1v) is 10.1. The second kappa shape index (κ2) is 8.92. The quantitative estimate of drug-likeness (QED) is 0.667. The Kier molecular flexibility index (Phi) is 5.89. The number of fused-ring (bicyclic) bond motifs is 1. The van der Waals surface area contributed by atoms with Gasteiger partial charge in [0, 0.05) is 29.8 Å². The molecule has 1 unspecified atom stereocenters. The molecule has 1 N–H and O–H groups in total. The Labute approximate surface area is 181 Å². The number of amides is 2. The summed E-state index contributed by atoms with van der Waals surface area (Å²) in [7, 11) is 3.17. The highest BCUT2D eigenvalue weighted by Gasteiger charge is 2.38. The number of carbonyl (C=O) groups is 2. The number of para-hydroxylation sites is 1. The molecule has 1 aliphatic heterocycles. The van der Waals surface area contributed by atoms with Crippen molar-refractivity contribution < 1.29 is 19.1 Å². The first-order valence-electron chi connectivity index (χ1n) is 10.1. The summed E-state index contributed by atoms with van der Waals surface area (Å²) < 4.78 is 10.7. The Balaban J connectivity index is 1.58. The monoisotopic (exact) mass is 416 g/mol. The number of benzene rings is 3. The van der Waals surface area contributed by atoms with E-state index in [0.29, 0.717) is 23.5 Å². The fourth-order valence-electron chi connectivity index (χ4n) is 3.89. The van der Waals surface area contributed by atoms with Crippen LogP contribution >= 0.6 is 0 Å². The molecular formula is C25H24N2O4. The minimum Gasteiger partial charge on any atom is -0.497 e. The van der Waals surface area contributed by atoms with Gasteiger partial charge < -0.3 is 14.8 Å². The molecule has 4 rings (SSSR count). The van der Waals surface area contributed by atoms with E-state index in [1.165, 1.54) is 0 Å². The Bertz CT molecular complexity index is 1100. The summed E-state index contributed by atoms with van der Waals surface area (Å²) in [5, 5.41) is 2.97. The highest BCUT2D eigenvalue weighted by atomic mass is 16.5. The molecule has 2 amide bonds. The Morgan fingerprint density at radius 3 is 2.45 bits per heavy atom. The van der Waals surface area contributed by atoms with Gasteiger partial charge in [0.05, 0.1) is 14.2 Å². The summed E-state index contributed by atoms with van der Waals surface area (Å²) in [6.07, 6.45) is 0.468. The first kappa shape index (κ1) is 20.5. The van der Waals surface area contributed by atoms with Gasteiger partial charge in [0.2, 0.25) is 5.91 Å². The van der Waals surface area contributed by atoms with Gasteiger partial charge in [-0.3, -0.25) is 14.5 Å². The van der Waals surface area contributed by atoms with Gasteiger partial charge in [-0.1, -0.05) is 36.4 Å². The molecule has 158 valence electrons. The highest BCUT2D eigenvalue weighted by Crippen LogP contribution is 2.33. The fraction of sp³-hybridized carbons (Fsp3) is 0.200. The van der Waals surface area contributed by atoms with Crippen LogP contribution in [0.2, 0.25) is 0 Å². The van der Waals surface area contributed by atoms with Gasteiger partial charge in [-0.25, -0.2) is 0 Å². The summed E-state index contributed by atoms with van der Waals surface area (Å²) in [4.78, 5) is 28.1. The predicted molar refractivity (Wildman–Crippen MR) is 119 cm³/mol. The maximum absolute atomic E-state index is 13.3. The zero-order valence-corrected chi connectivity index (χ0v) is 17.5. The molecule has 3 aromatic carbocycles. The molecule has 0 aromatic heterocycles. The van der Waals surface area contributed by atoms with Gasteiger partial charge in [0.25, 0.3) is 5.91 Å². The van der Waals surface area contributed by atoms with Crippen molar-refractivity contribution in [1.82, 2.24) is 5.32 Å². The molecule has 0 fully saturated rings. The average Bonchev–Trinajstić information content (AvgIpc) is 3.22. The lowest BCUT2D eigenvalue weighted by atomic mass is 10.1. The number of methoxy groups -OCH3 is 2. The molecule has 0 saturated heterocycles. The zero-order chi connectivity index (χ0) is 21.8. The molecule has 0 aliphatic carbocycles. The first-order chi connectivity index (χ1) is 15.1. The maximum Gasteiger partial charge on any atom is 0.259 e. The van der Waals surface area contributed by atoms with Crippen LogP contribution < -0.4 is 19.7 Å². The molecular weight excluding hydrogens is 392 g/mol. The second-order valence-corrected chi connectivity index (χ2v) is 7.29. The van der Waals surface area contributed by atoms with Crippen molar-refractivity contribution in [3.8, 4) is 11.5 Å². The third-order valence-corrected chi connectivity index (χ3v) is 5.46. The summed E-state index contributed by atoms with van der Waals surface area (Å²) in [6.45, 7) is 0.263. The van der Waals surface area contributed by atoms with Crippen molar-refractivity contribution >= 4 is 17.5 Å². The number of hydrogen-bond donors (Lipinski definition) is 1. The van der Waals surface area contributed by atoms with E-state index in [0.717, 1.165) is 16.8 Å². The van der Waals surface area contributed by atoms with Crippen molar-refractivity contribution in [2.75, 3.05) is 19.1 Å². The number of carbonyl (C=O) groups excluding carboxylic acids is 2. The lowest BCUT2D eigenvalue weighted by molar-refractivity contribution is -0.122. The van der Waals surface area contributed by atoms with Crippen molar-refractivity contribution in [2.45, 2.75) is 19.0 Å². The average molecular weight is 416 g/mol. The van der Waals surface area contributed by atoms with E-state index in [2.05, 4.69) is 5.32 Å². The molecule has 31 heavy (non-hydrogen) atoms. The van der Waals surface area contributed by atoms with E-state index in [1.54, 1.807) is 43.4 Å². The van der Waals surface area contributed by atoms with Crippen LogP contribution in [0.15, 0.2) is 72.8 Å². The van der Waals surface area contributed by atoms with Gasteiger partial charge in [-0.15, -0.1) is 0 Å². The molecule has 6 heteroatoms. The largest absolute Gasteiger partial charge is 0.497 e. The lowest BCUT2D eigenvalue weighted by Crippen LogP contribution is -2.48. The van der Waals surface area contributed by atoms with Crippen LogP contribution in [0.3, 0.4) is 0 Å². The standard InChI is InChI=1S/C25H24N2O4/c1-30-20-12-13-23(31-2)19(14-20)16-26-24(28)22-15-18-10-6-7-11-21(18)27(22)25(29)17-8-4-3-5-9-17/h3-14,22H,15-16H2,1-2H3,(H,26,28). The SMILES string of the molecule is COc1ccc(OC)c(CNC(=O)C2Cc3ccccc3N2C(=O)c2ccccc2)c1. The van der Waals surface area contributed by atoms with E-state index >= 15 is 0 Å². The van der Waals surface area contributed by atoms with E-state index < -0.39 is 6.04 Å². The van der Waals surface area contributed by atoms with Gasteiger partial charge in [-0.2, -0.15) is 0 Å². The number of hydrogen-bond acceptors (Lipinski definition) is 4. The molecule has 1 atom stereocenters. The molecule has 1 heterocycles. The number of nitrogens with zero attached hydrogens (tertiary/aromatic N) is 1. The smallest absolute Gasteiger partial charge is 0.259 e. The van der Waals surface area contributed by atoms with Crippen LogP contribution in [0.5, 0.6) is 11.5 Å². The van der Waals surface area contributed by atoms with E-state index in [4.69, 9.17) is 9.47 Å². The third-order valence-electron chi connectivity index (χ3n) is 5.46. The fourth-order valence-corrected chi connectivity index (χ4v) is 3.89. The molecule has 3 aromatic rings. The third kappa shape index (κ3) is 4.10. The van der Waals surface area contributed by atoms with Gasteiger partial charge in [0.1, 0.15) is 17.5 Å². The topological polar surface area (TPSA) is 67.9 Å². The van der Waals surface area contributed by atoms with Crippen molar-refractivity contribution in [1.29, 1.82) is 0 Å². The molecule has 0 bridgehead atoms. The lowest BCUT2D eigenvalue weighted by Gasteiger charge is -2.25. The molecule has 1 aliphatic rings. The zero-order valence-electron chi connectivity index (χ0n) is 17.5. The van der Waals surface area contributed by atoms with Crippen LogP contribution in [0.25, 0.3) is 0 Å². The number of anilines is 1. The molecule has 0 saturated carbocycles. The van der Waals surface area contributed by atoms with Crippen LogP contribution in [-0.2, 0) is 17.8 Å². The van der Waals surface area contributed by atoms with Crippen LogP contribution in [-0.4, -0.2) is 32.1 Å². The van der Waals surface area contributed by atoms with E-state index in [9.17, 15) is 9.59 Å². The number of rotatable bonds is 6. The Hall–Kier alpha value is -3.80. The van der Waals surface area contributed by atoms with Crippen LogP contribution in [0.4, 0.5) is 5.69 Å². The van der Waals surface area contributed by atoms with Crippen molar-refractivity contribution in [2.24, 2.45) is 0 Å². The van der Waals surface area contributed by atoms with E-state index in [1.807, 2.05) is 48.5 Å². The highest BCUT2D eigenvalue weighted by molar-refractivity contribution is 6.11. The van der Waals surface area contributed by atoms with Gasteiger partial charge in [0.15, 0.2) is 0 Å². The van der Waals surface area contributed by atoms with Gasteiger partial charge >= 0.3 is 0 Å². The van der Waals surface area contributed by atoms with Crippen LogP contribution in [0.1, 0.15) is 21.5 Å². The molecule has 0 radical (unpaired) electrons. The normalized spacial score (nSPS) is 14.6. The number of nitrogens with one attached hydrogen (secondary N) is 1. The Morgan fingerprint density at radius 1 is 0.968 bits per heavy atom. The summed E-state index contributed by atoms with van der Waals surface area (Å²) in [6, 6.07) is 21.5. The molecule has 0 spiro atoms. The summed E-state index contributed by atoms with van der Waals surface area (Å²) >= 11 is 0. The number of ether oxygens (including phenoxy) is 2. The van der Waals surface area contributed by atoms with E-state index in [-0.39, 0.29) is 18.4 Å². The maximum atomic E-state index is 13.3. The van der Waals surface area contributed by atoms with Crippen LogP contribution in [0, 0.1) is 0 Å². The van der Waals surface area contributed by atoms with Crippen molar-refractivity contribution in [3.63, 3.8) is 0 Å². The predicted octanol–water partition coefficient (Wildman–Crippen LogP) is 3.59. The summed E-state index contributed by atoms with van der Waals surface area (Å²) in [5.74, 6) is 0.933. The molecule has 6 nitrogen and oxygen atoms in total. The van der Waals surface area contributed by atoms with Gasteiger partial charge in [-0.05, 0) is 42.0 Å². The summed E-state index contributed by atoms with van der Waals surface area (Å²) in [5.41, 5.74) is 3.10. The Morgan fingerprint density at radius 2 is 1.71 bits per heavy atom. The minimum absolute atomic E-state index is 0.190. The minimum atomic E-state index is -0.623. The second-order valence-electron chi connectivity index (χ2n) is 7.29. The van der Waals surface area contributed by atoms with Crippen molar-refractivity contribution in [3.05, 3.63) is 89.5 Å².